The lowest BCUT2D eigenvalue weighted by Crippen LogP contribution is -2.53. The lowest BCUT2D eigenvalue weighted by molar-refractivity contribution is 0.0593. The van der Waals surface area contributed by atoms with E-state index in [9.17, 15) is 14.4 Å². The number of methoxy groups -OCH3 is 2. The summed E-state index contributed by atoms with van der Waals surface area (Å²) >= 11 is 0. The molecule has 0 aliphatic carbocycles. The van der Waals surface area contributed by atoms with Crippen molar-refractivity contribution in [1.29, 1.82) is 0 Å². The van der Waals surface area contributed by atoms with E-state index in [0.717, 1.165) is 0 Å². The average molecular weight is 396 g/mol. The standard InChI is InChI=1S/C20H33N3O5/c1-12-15(13(2)21-16(12)18(25)28-8)17(24)14(3)23(10-9-11-27-7)19(26)22-20(4,5)6/h14,21H,9-11H2,1-8H3,(H,22,26). The molecule has 1 aromatic rings. The zero-order valence-corrected chi connectivity index (χ0v) is 18.2. The van der Waals surface area contributed by atoms with Crippen LogP contribution in [0.25, 0.3) is 0 Å². The Hall–Kier alpha value is -2.35. The molecule has 158 valence electrons. The summed E-state index contributed by atoms with van der Waals surface area (Å²) in [6.45, 7) is 11.6. The third kappa shape index (κ3) is 5.82. The maximum atomic E-state index is 13.2. The minimum atomic E-state index is -0.710. The molecule has 8 heteroatoms. The molecule has 0 aliphatic rings. The topological polar surface area (TPSA) is 101 Å². The Morgan fingerprint density at radius 2 is 1.79 bits per heavy atom. The Morgan fingerprint density at radius 1 is 1.18 bits per heavy atom. The van der Waals surface area contributed by atoms with Gasteiger partial charge in [0, 0.05) is 37.1 Å². The Labute approximate surface area is 167 Å². The van der Waals surface area contributed by atoms with Gasteiger partial charge in [-0.2, -0.15) is 0 Å². The number of H-pyrrole nitrogens is 1. The smallest absolute Gasteiger partial charge is 0.354 e. The van der Waals surface area contributed by atoms with E-state index >= 15 is 0 Å². The third-order valence-electron chi connectivity index (χ3n) is 4.41. The molecular formula is C20H33N3O5. The van der Waals surface area contributed by atoms with Crippen LogP contribution in [0, 0.1) is 13.8 Å². The number of nitrogens with zero attached hydrogens (tertiary/aromatic N) is 1. The fourth-order valence-corrected chi connectivity index (χ4v) is 3.02. The Balaban J connectivity index is 3.18. The molecule has 0 aromatic carbocycles. The molecule has 2 amide bonds. The normalized spacial score (nSPS) is 12.4. The number of ketones is 1. The number of rotatable bonds is 8. The molecule has 8 nitrogen and oxygen atoms in total. The maximum Gasteiger partial charge on any atom is 0.354 e. The molecule has 0 bridgehead atoms. The zero-order valence-electron chi connectivity index (χ0n) is 18.2. The molecule has 0 fully saturated rings. The minimum Gasteiger partial charge on any atom is -0.464 e. The number of nitrogens with one attached hydrogen (secondary N) is 2. The number of carbonyl (C=O) groups excluding carboxylic acids is 3. The van der Waals surface area contributed by atoms with E-state index in [4.69, 9.17) is 9.47 Å². The molecule has 0 radical (unpaired) electrons. The maximum absolute atomic E-state index is 13.2. The van der Waals surface area contributed by atoms with Crippen LogP contribution >= 0.6 is 0 Å². The first-order valence-corrected chi connectivity index (χ1v) is 9.34. The van der Waals surface area contributed by atoms with Crippen LogP contribution in [0.1, 0.15) is 66.2 Å². The van der Waals surface area contributed by atoms with Crippen molar-refractivity contribution >= 4 is 17.8 Å². The van der Waals surface area contributed by atoms with Crippen LogP contribution in [0.15, 0.2) is 0 Å². The van der Waals surface area contributed by atoms with Crippen molar-refractivity contribution in [3.05, 3.63) is 22.5 Å². The first-order chi connectivity index (χ1) is 12.9. The van der Waals surface area contributed by atoms with Crippen molar-refractivity contribution < 1.29 is 23.9 Å². The van der Waals surface area contributed by atoms with E-state index in [1.165, 1.54) is 12.0 Å². The quantitative estimate of drug-likeness (QED) is 0.400. The second-order valence-electron chi connectivity index (χ2n) is 7.88. The summed E-state index contributed by atoms with van der Waals surface area (Å²) in [4.78, 5) is 42.4. The zero-order chi connectivity index (χ0) is 21.6. The lowest BCUT2D eigenvalue weighted by atomic mass is 9.99. The first-order valence-electron chi connectivity index (χ1n) is 9.34. The molecule has 0 spiro atoms. The van der Waals surface area contributed by atoms with Gasteiger partial charge in [-0.15, -0.1) is 0 Å². The number of carbonyl (C=O) groups is 3. The number of ether oxygens (including phenoxy) is 2. The van der Waals surface area contributed by atoms with Crippen LogP contribution in [0.3, 0.4) is 0 Å². The van der Waals surface area contributed by atoms with Crippen LogP contribution in [0.4, 0.5) is 4.79 Å². The summed E-state index contributed by atoms with van der Waals surface area (Å²) in [6.07, 6.45) is 0.601. The highest BCUT2D eigenvalue weighted by molar-refractivity contribution is 6.06. The molecule has 2 N–H and O–H groups in total. The number of urea groups is 1. The minimum absolute atomic E-state index is 0.233. The Kier molecular flexibility index (Phi) is 8.23. The Morgan fingerprint density at radius 3 is 2.29 bits per heavy atom. The molecule has 28 heavy (non-hydrogen) atoms. The van der Waals surface area contributed by atoms with E-state index in [1.807, 2.05) is 20.8 Å². The van der Waals surface area contributed by atoms with Crippen molar-refractivity contribution in [1.82, 2.24) is 15.2 Å². The third-order valence-corrected chi connectivity index (χ3v) is 4.41. The Bertz CT molecular complexity index is 718. The number of hydrogen-bond donors (Lipinski definition) is 2. The van der Waals surface area contributed by atoms with Crippen molar-refractivity contribution in [2.45, 2.75) is 59.5 Å². The number of esters is 1. The van der Waals surface area contributed by atoms with Gasteiger partial charge >= 0.3 is 12.0 Å². The van der Waals surface area contributed by atoms with E-state index in [1.54, 1.807) is 27.9 Å². The largest absolute Gasteiger partial charge is 0.464 e. The molecule has 0 saturated heterocycles. The summed E-state index contributed by atoms with van der Waals surface area (Å²) < 4.78 is 9.84. The second-order valence-corrected chi connectivity index (χ2v) is 7.88. The molecule has 0 aliphatic heterocycles. The van der Waals surface area contributed by atoms with Gasteiger partial charge in [-0.25, -0.2) is 9.59 Å². The number of aryl methyl sites for hydroxylation is 1. The average Bonchev–Trinajstić information content (AvgIpc) is 2.89. The molecule has 1 heterocycles. The predicted molar refractivity (Wildman–Crippen MR) is 107 cm³/mol. The lowest BCUT2D eigenvalue weighted by Gasteiger charge is -2.32. The van der Waals surface area contributed by atoms with Gasteiger partial charge in [0.05, 0.1) is 13.2 Å². The van der Waals surface area contributed by atoms with Gasteiger partial charge in [0.2, 0.25) is 0 Å². The second kappa shape index (κ2) is 9.73. The number of hydrogen-bond acceptors (Lipinski definition) is 5. The van der Waals surface area contributed by atoms with Gasteiger partial charge in [-0.05, 0) is 53.5 Å². The van der Waals surface area contributed by atoms with Crippen molar-refractivity contribution in [3.63, 3.8) is 0 Å². The SMILES string of the molecule is COCCCN(C(=O)NC(C)(C)C)C(C)C(=O)c1c(C)[nH]c(C(=O)OC)c1C. The highest BCUT2D eigenvalue weighted by Crippen LogP contribution is 2.22. The van der Waals surface area contributed by atoms with Gasteiger partial charge in [-0.3, -0.25) is 4.79 Å². The van der Waals surface area contributed by atoms with E-state index in [-0.39, 0.29) is 17.5 Å². The van der Waals surface area contributed by atoms with Gasteiger partial charge in [0.15, 0.2) is 5.78 Å². The van der Waals surface area contributed by atoms with Gasteiger partial charge in [0.1, 0.15) is 5.69 Å². The number of aromatic nitrogens is 1. The van der Waals surface area contributed by atoms with Crippen molar-refractivity contribution in [2.75, 3.05) is 27.4 Å². The van der Waals surface area contributed by atoms with Gasteiger partial charge in [0.25, 0.3) is 0 Å². The van der Waals surface area contributed by atoms with E-state index in [0.29, 0.717) is 36.4 Å². The summed E-state index contributed by atoms with van der Waals surface area (Å²) in [5.74, 6) is -0.766. The number of Topliss-reactive ketones (excluding diaryl/α,β-unsaturated/α-hetero) is 1. The van der Waals surface area contributed by atoms with Crippen molar-refractivity contribution in [2.24, 2.45) is 0 Å². The van der Waals surface area contributed by atoms with E-state index in [2.05, 4.69) is 10.3 Å². The first kappa shape index (κ1) is 23.7. The van der Waals surface area contributed by atoms with Crippen LogP contribution in [0.2, 0.25) is 0 Å². The summed E-state index contributed by atoms with van der Waals surface area (Å²) in [5.41, 5.74) is 1.32. The van der Waals surface area contributed by atoms with Gasteiger partial charge in [-0.1, -0.05) is 0 Å². The summed E-state index contributed by atoms with van der Waals surface area (Å²) in [5, 5.41) is 2.91. The molecule has 1 atom stereocenters. The number of aromatic amines is 1. The van der Waals surface area contributed by atoms with Crippen molar-refractivity contribution in [3.8, 4) is 0 Å². The number of amides is 2. The van der Waals surface area contributed by atoms with Crippen LogP contribution in [0.5, 0.6) is 0 Å². The summed E-state index contributed by atoms with van der Waals surface area (Å²) in [6, 6.07) is -1.03. The fourth-order valence-electron chi connectivity index (χ4n) is 3.02. The van der Waals surface area contributed by atoms with Gasteiger partial charge < -0.3 is 24.7 Å². The molecular weight excluding hydrogens is 362 g/mol. The van der Waals surface area contributed by atoms with Crippen LogP contribution < -0.4 is 5.32 Å². The van der Waals surface area contributed by atoms with E-state index < -0.39 is 17.6 Å². The fraction of sp³-hybridized carbons (Fsp3) is 0.650. The monoisotopic (exact) mass is 395 g/mol. The molecule has 1 unspecified atom stereocenters. The molecule has 1 aromatic heterocycles. The van der Waals surface area contributed by atoms with Crippen LogP contribution in [-0.2, 0) is 9.47 Å². The molecule has 0 saturated carbocycles. The predicted octanol–water partition coefficient (Wildman–Crippen LogP) is 2.84. The highest BCUT2D eigenvalue weighted by atomic mass is 16.5. The van der Waals surface area contributed by atoms with Crippen LogP contribution in [-0.4, -0.2) is 66.6 Å². The highest BCUT2D eigenvalue weighted by Gasteiger charge is 2.32. The molecule has 1 rings (SSSR count). The summed E-state index contributed by atoms with van der Waals surface area (Å²) in [7, 11) is 2.88.